The van der Waals surface area contributed by atoms with Crippen molar-refractivity contribution in [2.45, 2.75) is 19.3 Å². The van der Waals surface area contributed by atoms with E-state index in [1.54, 1.807) is 18.2 Å². The average Bonchev–Trinajstić information content (AvgIpc) is 2.37. The Hall–Kier alpha value is -1.71. The van der Waals surface area contributed by atoms with Crippen LogP contribution in [0, 0.1) is 0 Å². The topological polar surface area (TPSA) is 55.1 Å². The molecule has 21 heavy (non-hydrogen) atoms. The Kier molecular flexibility index (Phi) is 5.10. The molecule has 0 radical (unpaired) electrons. The third kappa shape index (κ3) is 4.66. The Morgan fingerprint density at radius 3 is 2.29 bits per heavy atom. The van der Waals surface area contributed by atoms with Gasteiger partial charge in [-0.2, -0.15) is 0 Å². The highest BCUT2D eigenvalue weighted by atomic mass is 35.5. The minimum atomic E-state index is -0.0855. The molecule has 2 rings (SSSR count). The second kappa shape index (κ2) is 6.83. The molecule has 0 saturated carbocycles. The zero-order valence-electron chi connectivity index (χ0n) is 11.6. The number of amides is 1. The van der Waals surface area contributed by atoms with E-state index in [1.807, 2.05) is 31.2 Å². The van der Waals surface area contributed by atoms with Crippen LogP contribution in [0.1, 0.15) is 24.8 Å². The summed E-state index contributed by atoms with van der Waals surface area (Å²) >= 11 is 11.8. The number of carbonyl (C=O) groups is 1. The lowest BCUT2D eigenvalue weighted by atomic mass is 9.97. The summed E-state index contributed by atoms with van der Waals surface area (Å²) in [5.41, 5.74) is 8.04. The van der Waals surface area contributed by atoms with Crippen molar-refractivity contribution < 1.29 is 4.79 Å². The first-order valence-electron chi connectivity index (χ1n) is 6.55. The molecule has 0 aliphatic carbocycles. The summed E-state index contributed by atoms with van der Waals surface area (Å²) in [6.07, 6.45) is 0.369. The van der Waals surface area contributed by atoms with Gasteiger partial charge in [-0.1, -0.05) is 42.3 Å². The molecule has 5 heteroatoms. The number of nitrogens with two attached hydrogens (primary N) is 1. The van der Waals surface area contributed by atoms with Gasteiger partial charge in [-0.15, -0.1) is 0 Å². The highest BCUT2D eigenvalue weighted by Crippen LogP contribution is 2.24. The number of nitrogens with one attached hydrogen (secondary N) is 1. The maximum absolute atomic E-state index is 12.1. The smallest absolute Gasteiger partial charge is 0.224 e. The fourth-order valence-electron chi connectivity index (χ4n) is 2.06. The van der Waals surface area contributed by atoms with E-state index in [1.165, 1.54) is 0 Å². The second-order valence-electron chi connectivity index (χ2n) is 4.98. The van der Waals surface area contributed by atoms with Gasteiger partial charge in [0.1, 0.15) is 0 Å². The maximum atomic E-state index is 12.1. The fourth-order valence-corrected chi connectivity index (χ4v) is 2.58. The fraction of sp³-hybridized carbons (Fsp3) is 0.188. The molecule has 3 nitrogen and oxygen atoms in total. The maximum Gasteiger partial charge on any atom is 0.224 e. The van der Waals surface area contributed by atoms with Crippen LogP contribution in [-0.2, 0) is 4.79 Å². The number of hydrogen-bond donors (Lipinski definition) is 2. The number of anilines is 2. The largest absolute Gasteiger partial charge is 0.399 e. The number of carbonyl (C=O) groups excluding carboxylic acids is 1. The molecule has 1 atom stereocenters. The molecule has 2 aromatic carbocycles. The second-order valence-corrected chi connectivity index (χ2v) is 5.85. The van der Waals surface area contributed by atoms with Crippen molar-refractivity contribution in [3.63, 3.8) is 0 Å². The lowest BCUT2D eigenvalue weighted by molar-refractivity contribution is -0.116. The zero-order chi connectivity index (χ0) is 15.4. The van der Waals surface area contributed by atoms with Crippen LogP contribution >= 0.6 is 23.2 Å². The van der Waals surface area contributed by atoms with E-state index in [4.69, 9.17) is 28.9 Å². The third-order valence-electron chi connectivity index (χ3n) is 3.14. The van der Waals surface area contributed by atoms with Crippen LogP contribution in [0.15, 0.2) is 42.5 Å². The van der Waals surface area contributed by atoms with Crippen molar-refractivity contribution in [3.05, 3.63) is 58.1 Å². The molecule has 2 aromatic rings. The first-order chi connectivity index (χ1) is 9.94. The predicted molar refractivity (Wildman–Crippen MR) is 89.0 cm³/mol. The number of hydrogen-bond acceptors (Lipinski definition) is 2. The van der Waals surface area contributed by atoms with Gasteiger partial charge in [0.05, 0.1) is 0 Å². The van der Waals surface area contributed by atoms with E-state index >= 15 is 0 Å². The number of nitrogen functional groups attached to an aromatic ring is 1. The Labute approximate surface area is 134 Å². The van der Waals surface area contributed by atoms with Crippen molar-refractivity contribution >= 4 is 40.5 Å². The molecule has 110 valence electrons. The SMILES string of the molecule is CC(CC(=O)Nc1cc(Cl)cc(Cl)c1)c1ccc(N)cc1. The van der Waals surface area contributed by atoms with Crippen LogP contribution in [0.2, 0.25) is 10.0 Å². The van der Waals surface area contributed by atoms with E-state index in [0.717, 1.165) is 5.56 Å². The molecular formula is C16H16Cl2N2O. The molecule has 0 saturated heterocycles. The zero-order valence-corrected chi connectivity index (χ0v) is 13.1. The van der Waals surface area contributed by atoms with Crippen molar-refractivity contribution in [1.82, 2.24) is 0 Å². The van der Waals surface area contributed by atoms with Crippen LogP contribution in [0.25, 0.3) is 0 Å². The molecule has 0 aliphatic rings. The lowest BCUT2D eigenvalue weighted by Crippen LogP contribution is -2.14. The van der Waals surface area contributed by atoms with E-state index < -0.39 is 0 Å². The van der Waals surface area contributed by atoms with Crippen LogP contribution in [0.3, 0.4) is 0 Å². The van der Waals surface area contributed by atoms with Gasteiger partial charge in [0.15, 0.2) is 0 Å². The Morgan fingerprint density at radius 1 is 1.14 bits per heavy atom. The first-order valence-corrected chi connectivity index (χ1v) is 7.31. The molecule has 0 spiro atoms. The minimum Gasteiger partial charge on any atom is -0.399 e. The molecule has 0 aliphatic heterocycles. The van der Waals surface area contributed by atoms with Crippen molar-refractivity contribution in [1.29, 1.82) is 0 Å². The minimum absolute atomic E-state index is 0.0855. The van der Waals surface area contributed by atoms with E-state index in [2.05, 4.69) is 5.32 Å². The van der Waals surface area contributed by atoms with Gasteiger partial charge in [0.2, 0.25) is 5.91 Å². The molecule has 0 aromatic heterocycles. The number of rotatable bonds is 4. The van der Waals surface area contributed by atoms with Gasteiger partial charge in [0.25, 0.3) is 0 Å². The lowest BCUT2D eigenvalue weighted by Gasteiger charge is -2.12. The highest BCUT2D eigenvalue weighted by Gasteiger charge is 2.12. The van der Waals surface area contributed by atoms with Crippen molar-refractivity contribution in [3.8, 4) is 0 Å². The van der Waals surface area contributed by atoms with Gasteiger partial charge >= 0.3 is 0 Å². The number of benzene rings is 2. The normalized spacial score (nSPS) is 12.0. The summed E-state index contributed by atoms with van der Waals surface area (Å²) in [4.78, 5) is 12.1. The summed E-state index contributed by atoms with van der Waals surface area (Å²) in [5.74, 6) is 0.0120. The van der Waals surface area contributed by atoms with Crippen LogP contribution < -0.4 is 11.1 Å². The monoisotopic (exact) mass is 322 g/mol. The van der Waals surface area contributed by atoms with E-state index in [0.29, 0.717) is 27.8 Å². The summed E-state index contributed by atoms with van der Waals surface area (Å²) < 4.78 is 0. The molecule has 1 unspecified atom stereocenters. The van der Waals surface area contributed by atoms with Gasteiger partial charge in [-0.05, 0) is 41.8 Å². The molecule has 0 fully saturated rings. The van der Waals surface area contributed by atoms with Gasteiger partial charge in [-0.25, -0.2) is 0 Å². The van der Waals surface area contributed by atoms with Crippen molar-refractivity contribution in [2.24, 2.45) is 0 Å². The molecule has 0 heterocycles. The summed E-state index contributed by atoms with van der Waals surface area (Å²) in [6.45, 7) is 2.00. The van der Waals surface area contributed by atoms with Crippen LogP contribution in [0.5, 0.6) is 0 Å². The van der Waals surface area contributed by atoms with Crippen LogP contribution in [-0.4, -0.2) is 5.91 Å². The summed E-state index contributed by atoms with van der Waals surface area (Å²) in [5, 5.41) is 3.78. The number of halogens is 2. The van der Waals surface area contributed by atoms with Gasteiger partial charge in [-0.3, -0.25) is 4.79 Å². The van der Waals surface area contributed by atoms with Crippen molar-refractivity contribution in [2.75, 3.05) is 11.1 Å². The Balaban J connectivity index is 1.99. The van der Waals surface area contributed by atoms with Gasteiger partial charge in [0, 0.05) is 27.8 Å². The average molecular weight is 323 g/mol. The quantitative estimate of drug-likeness (QED) is 0.801. The van der Waals surface area contributed by atoms with Gasteiger partial charge < -0.3 is 11.1 Å². The van der Waals surface area contributed by atoms with E-state index in [9.17, 15) is 4.79 Å². The molecule has 0 bridgehead atoms. The predicted octanol–water partition coefficient (Wildman–Crippen LogP) is 4.71. The summed E-state index contributed by atoms with van der Waals surface area (Å²) in [7, 11) is 0. The molecular weight excluding hydrogens is 307 g/mol. The van der Waals surface area contributed by atoms with E-state index in [-0.39, 0.29) is 11.8 Å². The summed E-state index contributed by atoms with van der Waals surface area (Å²) in [6, 6.07) is 12.5. The van der Waals surface area contributed by atoms with Crippen LogP contribution in [0.4, 0.5) is 11.4 Å². The molecule has 3 N–H and O–H groups in total. The standard InChI is InChI=1S/C16H16Cl2N2O/c1-10(11-2-4-14(19)5-3-11)6-16(21)20-15-8-12(17)7-13(18)9-15/h2-5,7-10H,6,19H2,1H3,(H,20,21). The Bertz CT molecular complexity index is 621. The Morgan fingerprint density at radius 2 is 1.71 bits per heavy atom. The third-order valence-corrected chi connectivity index (χ3v) is 3.58. The molecule has 1 amide bonds. The highest BCUT2D eigenvalue weighted by molar-refractivity contribution is 6.35. The first kappa shape index (κ1) is 15.7.